The first-order chi connectivity index (χ1) is 12.6. The predicted molar refractivity (Wildman–Crippen MR) is 94.5 cm³/mol. The van der Waals surface area contributed by atoms with Crippen molar-refractivity contribution in [3.63, 3.8) is 0 Å². The summed E-state index contributed by atoms with van der Waals surface area (Å²) in [6, 6.07) is 3.54. The van der Waals surface area contributed by atoms with Crippen LogP contribution in [0.3, 0.4) is 0 Å². The van der Waals surface area contributed by atoms with Gasteiger partial charge in [0.05, 0.1) is 18.3 Å². The molecule has 0 aromatic carbocycles. The van der Waals surface area contributed by atoms with Crippen molar-refractivity contribution in [1.29, 1.82) is 0 Å². The molecule has 2 saturated heterocycles. The van der Waals surface area contributed by atoms with Crippen molar-refractivity contribution in [2.24, 2.45) is 5.41 Å². The standard InChI is InChI=1S/C19H24N4O3/c1-2-8-22-9-5-19(18(22)25)6-10-23(13-19)17(24)16-4-3-15(26-16)12-21-11-7-20-14-21/h3-4,7,11,14H,2,5-6,8-10,12-13H2,1H3. The number of aromatic nitrogens is 2. The highest BCUT2D eigenvalue weighted by Crippen LogP contribution is 2.41. The summed E-state index contributed by atoms with van der Waals surface area (Å²) in [6.45, 7) is 5.36. The molecule has 1 atom stereocenters. The summed E-state index contributed by atoms with van der Waals surface area (Å²) in [5.41, 5.74) is -0.378. The molecule has 0 radical (unpaired) electrons. The van der Waals surface area contributed by atoms with Gasteiger partial charge in [0, 0.05) is 38.6 Å². The van der Waals surface area contributed by atoms with Gasteiger partial charge in [0.1, 0.15) is 5.76 Å². The van der Waals surface area contributed by atoms with E-state index in [1.54, 1.807) is 23.5 Å². The second kappa shape index (κ2) is 6.63. The van der Waals surface area contributed by atoms with Crippen molar-refractivity contribution < 1.29 is 14.0 Å². The third-order valence-corrected chi connectivity index (χ3v) is 5.51. The molecule has 0 aliphatic carbocycles. The number of rotatable bonds is 5. The molecule has 2 fully saturated rings. The van der Waals surface area contributed by atoms with E-state index in [0.717, 1.165) is 32.4 Å². The van der Waals surface area contributed by atoms with E-state index in [4.69, 9.17) is 4.42 Å². The molecule has 138 valence electrons. The summed E-state index contributed by atoms with van der Waals surface area (Å²) >= 11 is 0. The van der Waals surface area contributed by atoms with Gasteiger partial charge in [-0.2, -0.15) is 0 Å². The zero-order valence-electron chi connectivity index (χ0n) is 15.1. The zero-order chi connectivity index (χ0) is 18.1. The second-order valence-electron chi connectivity index (χ2n) is 7.30. The zero-order valence-corrected chi connectivity index (χ0v) is 15.1. The number of carbonyl (C=O) groups excluding carboxylic acids is 2. The van der Waals surface area contributed by atoms with Gasteiger partial charge in [0.15, 0.2) is 5.76 Å². The van der Waals surface area contributed by atoms with Crippen LogP contribution < -0.4 is 0 Å². The molecule has 7 nitrogen and oxygen atoms in total. The number of hydrogen-bond acceptors (Lipinski definition) is 4. The highest BCUT2D eigenvalue weighted by atomic mass is 16.4. The van der Waals surface area contributed by atoms with Crippen molar-refractivity contribution in [1.82, 2.24) is 19.4 Å². The normalized spacial score (nSPS) is 22.7. The average Bonchev–Trinajstić information content (AvgIpc) is 3.41. The minimum atomic E-state index is -0.378. The van der Waals surface area contributed by atoms with Crippen LogP contribution in [0.25, 0.3) is 0 Å². The maximum atomic E-state index is 12.8. The maximum absolute atomic E-state index is 12.8. The van der Waals surface area contributed by atoms with E-state index in [2.05, 4.69) is 11.9 Å². The summed E-state index contributed by atoms with van der Waals surface area (Å²) in [7, 11) is 0. The Morgan fingerprint density at radius 3 is 2.92 bits per heavy atom. The largest absolute Gasteiger partial charge is 0.454 e. The first-order valence-corrected chi connectivity index (χ1v) is 9.24. The van der Waals surface area contributed by atoms with Gasteiger partial charge in [-0.25, -0.2) is 4.98 Å². The Morgan fingerprint density at radius 2 is 2.15 bits per heavy atom. The highest BCUT2D eigenvalue weighted by molar-refractivity contribution is 5.93. The first-order valence-electron chi connectivity index (χ1n) is 9.24. The van der Waals surface area contributed by atoms with Gasteiger partial charge in [-0.05, 0) is 31.4 Å². The summed E-state index contributed by atoms with van der Waals surface area (Å²) in [5.74, 6) is 1.15. The van der Waals surface area contributed by atoms with Crippen molar-refractivity contribution in [3.8, 4) is 0 Å². The molecule has 0 bridgehead atoms. The number of imidazole rings is 1. The van der Waals surface area contributed by atoms with Crippen LogP contribution in [0.4, 0.5) is 0 Å². The van der Waals surface area contributed by atoms with Gasteiger partial charge in [0.2, 0.25) is 5.91 Å². The van der Waals surface area contributed by atoms with Crippen LogP contribution in [0.1, 0.15) is 42.5 Å². The van der Waals surface area contributed by atoms with E-state index in [0.29, 0.717) is 31.2 Å². The maximum Gasteiger partial charge on any atom is 0.289 e. The first kappa shape index (κ1) is 16.9. The van der Waals surface area contributed by atoms with Crippen LogP contribution in [0.15, 0.2) is 35.3 Å². The number of amides is 2. The molecule has 4 rings (SSSR count). The third-order valence-electron chi connectivity index (χ3n) is 5.51. The summed E-state index contributed by atoms with van der Waals surface area (Å²) in [5, 5.41) is 0. The summed E-state index contributed by atoms with van der Waals surface area (Å²) in [6.07, 6.45) is 7.83. The monoisotopic (exact) mass is 356 g/mol. The van der Waals surface area contributed by atoms with Crippen LogP contribution in [0, 0.1) is 5.41 Å². The number of hydrogen-bond donors (Lipinski definition) is 0. The Morgan fingerprint density at radius 1 is 1.31 bits per heavy atom. The van der Waals surface area contributed by atoms with Gasteiger partial charge < -0.3 is 18.8 Å². The quantitative estimate of drug-likeness (QED) is 0.821. The average molecular weight is 356 g/mol. The Balaban J connectivity index is 1.42. The van der Waals surface area contributed by atoms with Gasteiger partial charge in [-0.3, -0.25) is 9.59 Å². The van der Waals surface area contributed by atoms with Gasteiger partial charge in [0.25, 0.3) is 5.91 Å². The number of likely N-dealkylation sites (tertiary alicyclic amines) is 2. The predicted octanol–water partition coefficient (Wildman–Crippen LogP) is 2.00. The third kappa shape index (κ3) is 2.91. The van der Waals surface area contributed by atoms with Gasteiger partial charge in [-0.1, -0.05) is 6.92 Å². The molecule has 0 N–H and O–H groups in total. The molecule has 4 heterocycles. The molecule has 0 saturated carbocycles. The Bertz CT molecular complexity index is 798. The Labute approximate surface area is 152 Å². The van der Waals surface area contributed by atoms with Crippen molar-refractivity contribution in [2.75, 3.05) is 26.2 Å². The molecule has 2 aromatic rings. The molecule has 1 unspecified atom stereocenters. The van der Waals surface area contributed by atoms with E-state index in [-0.39, 0.29) is 17.2 Å². The lowest BCUT2D eigenvalue weighted by Gasteiger charge is -2.23. The van der Waals surface area contributed by atoms with Crippen LogP contribution >= 0.6 is 0 Å². The van der Waals surface area contributed by atoms with Crippen LogP contribution in [0.5, 0.6) is 0 Å². The van der Waals surface area contributed by atoms with E-state index in [1.807, 2.05) is 21.7 Å². The van der Waals surface area contributed by atoms with Gasteiger partial charge in [-0.15, -0.1) is 0 Å². The lowest BCUT2D eigenvalue weighted by Crippen LogP contribution is -2.38. The minimum Gasteiger partial charge on any atom is -0.454 e. The fourth-order valence-electron chi connectivity index (χ4n) is 4.09. The number of nitrogens with zero attached hydrogens (tertiary/aromatic N) is 4. The molecule has 2 aliphatic rings. The molecular formula is C19H24N4O3. The fourth-order valence-corrected chi connectivity index (χ4v) is 4.09. The molecular weight excluding hydrogens is 332 g/mol. The lowest BCUT2D eigenvalue weighted by atomic mass is 9.85. The van der Waals surface area contributed by atoms with Crippen LogP contribution in [-0.2, 0) is 11.3 Å². The van der Waals surface area contributed by atoms with Crippen molar-refractivity contribution in [3.05, 3.63) is 42.4 Å². The summed E-state index contributed by atoms with van der Waals surface area (Å²) < 4.78 is 7.62. The lowest BCUT2D eigenvalue weighted by molar-refractivity contribution is -0.135. The van der Waals surface area contributed by atoms with E-state index in [9.17, 15) is 9.59 Å². The van der Waals surface area contributed by atoms with E-state index in [1.165, 1.54) is 0 Å². The topological polar surface area (TPSA) is 71.6 Å². The molecule has 7 heteroatoms. The molecule has 2 amide bonds. The summed E-state index contributed by atoms with van der Waals surface area (Å²) in [4.78, 5) is 33.3. The Kier molecular flexibility index (Phi) is 4.30. The molecule has 2 aliphatic heterocycles. The van der Waals surface area contributed by atoms with E-state index >= 15 is 0 Å². The highest BCUT2D eigenvalue weighted by Gasteiger charge is 2.51. The SMILES string of the molecule is CCCN1CCC2(CCN(C(=O)c3ccc(Cn4ccnc4)o3)C2)C1=O. The van der Waals surface area contributed by atoms with Crippen LogP contribution in [-0.4, -0.2) is 57.3 Å². The smallest absolute Gasteiger partial charge is 0.289 e. The fraction of sp³-hybridized carbons (Fsp3) is 0.526. The van der Waals surface area contributed by atoms with Crippen LogP contribution in [0.2, 0.25) is 0 Å². The van der Waals surface area contributed by atoms with Gasteiger partial charge >= 0.3 is 0 Å². The molecule has 2 aromatic heterocycles. The molecule has 26 heavy (non-hydrogen) atoms. The minimum absolute atomic E-state index is 0.125. The molecule has 1 spiro atoms. The Hall–Kier alpha value is -2.57. The van der Waals surface area contributed by atoms with Crippen molar-refractivity contribution in [2.45, 2.75) is 32.7 Å². The van der Waals surface area contributed by atoms with E-state index < -0.39 is 0 Å². The van der Waals surface area contributed by atoms with Crippen molar-refractivity contribution >= 4 is 11.8 Å². The number of carbonyl (C=O) groups is 2. The second-order valence-corrected chi connectivity index (χ2v) is 7.30. The number of furan rings is 1.